The van der Waals surface area contributed by atoms with E-state index in [1.807, 2.05) is 19.1 Å². The number of nitrogens with one attached hydrogen (secondary N) is 1. The standard InChI is InChI=1S/C25H28N2OS/c1-18(20-11-13-23(14-12-20)25(2,3)4)26-27-24(28)17-29-16-19-9-10-21-7-5-6-8-22(21)15-19/h5-15H,16-17H2,1-4H3,(H,27,28)/b26-18-. The van der Waals surface area contributed by atoms with E-state index in [4.69, 9.17) is 0 Å². The predicted octanol–water partition coefficient (Wildman–Crippen LogP) is 5.91. The number of carbonyl (C=O) groups excluding carboxylic acids is 1. The molecular weight excluding hydrogens is 376 g/mol. The predicted molar refractivity (Wildman–Crippen MR) is 126 cm³/mol. The van der Waals surface area contributed by atoms with Gasteiger partial charge in [-0.3, -0.25) is 4.79 Å². The van der Waals surface area contributed by atoms with Crippen LogP contribution in [0, 0.1) is 0 Å². The van der Waals surface area contributed by atoms with E-state index in [1.165, 1.54) is 21.9 Å². The number of nitrogens with zero attached hydrogens (tertiary/aromatic N) is 1. The van der Waals surface area contributed by atoms with Gasteiger partial charge in [-0.25, -0.2) is 5.43 Å². The van der Waals surface area contributed by atoms with Crippen LogP contribution in [-0.2, 0) is 16.0 Å². The van der Waals surface area contributed by atoms with Crippen LogP contribution in [0.25, 0.3) is 10.8 Å². The number of thioether (sulfide) groups is 1. The summed E-state index contributed by atoms with van der Waals surface area (Å²) in [5, 5.41) is 6.72. The molecule has 0 saturated carbocycles. The Kier molecular flexibility index (Phi) is 6.75. The monoisotopic (exact) mass is 404 g/mol. The third-order valence-corrected chi connectivity index (χ3v) is 5.84. The highest BCUT2D eigenvalue weighted by Crippen LogP contribution is 2.22. The molecule has 0 aliphatic heterocycles. The van der Waals surface area contributed by atoms with Crippen molar-refractivity contribution in [1.82, 2.24) is 5.43 Å². The smallest absolute Gasteiger partial charge is 0.250 e. The van der Waals surface area contributed by atoms with E-state index in [0.717, 1.165) is 17.0 Å². The first-order valence-electron chi connectivity index (χ1n) is 9.82. The zero-order valence-corrected chi connectivity index (χ0v) is 18.3. The normalized spacial score (nSPS) is 12.2. The zero-order valence-electron chi connectivity index (χ0n) is 17.5. The Morgan fingerprint density at radius 3 is 2.34 bits per heavy atom. The van der Waals surface area contributed by atoms with E-state index in [9.17, 15) is 4.79 Å². The Hall–Kier alpha value is -2.59. The van der Waals surface area contributed by atoms with Crippen molar-refractivity contribution < 1.29 is 4.79 Å². The third-order valence-electron chi connectivity index (χ3n) is 4.83. The summed E-state index contributed by atoms with van der Waals surface area (Å²) in [7, 11) is 0. The lowest BCUT2D eigenvalue weighted by molar-refractivity contribution is -0.118. The van der Waals surface area contributed by atoms with Crippen LogP contribution in [0.2, 0.25) is 0 Å². The van der Waals surface area contributed by atoms with Crippen molar-refractivity contribution in [3.63, 3.8) is 0 Å². The van der Waals surface area contributed by atoms with Crippen molar-refractivity contribution in [2.75, 3.05) is 5.75 Å². The molecule has 0 unspecified atom stereocenters. The zero-order chi connectivity index (χ0) is 20.9. The quantitative estimate of drug-likeness (QED) is 0.410. The van der Waals surface area contributed by atoms with Crippen molar-refractivity contribution in [3.8, 4) is 0 Å². The molecule has 4 heteroatoms. The number of fused-ring (bicyclic) bond motifs is 1. The molecule has 0 fully saturated rings. The van der Waals surface area contributed by atoms with Gasteiger partial charge in [-0.15, -0.1) is 11.8 Å². The Morgan fingerprint density at radius 1 is 0.966 bits per heavy atom. The van der Waals surface area contributed by atoms with Crippen molar-refractivity contribution in [2.24, 2.45) is 5.10 Å². The highest BCUT2D eigenvalue weighted by Gasteiger charge is 2.13. The minimum Gasteiger partial charge on any atom is -0.272 e. The molecule has 3 aromatic carbocycles. The van der Waals surface area contributed by atoms with E-state index in [1.54, 1.807) is 11.8 Å². The summed E-state index contributed by atoms with van der Waals surface area (Å²) in [6, 6.07) is 23.1. The van der Waals surface area contributed by atoms with Gasteiger partial charge in [-0.1, -0.05) is 87.5 Å². The number of benzene rings is 3. The molecule has 0 radical (unpaired) electrons. The second kappa shape index (κ2) is 9.27. The van der Waals surface area contributed by atoms with Crippen molar-refractivity contribution in [2.45, 2.75) is 38.9 Å². The summed E-state index contributed by atoms with van der Waals surface area (Å²) >= 11 is 1.59. The lowest BCUT2D eigenvalue weighted by atomic mass is 9.86. The maximum atomic E-state index is 12.1. The molecule has 150 valence electrons. The van der Waals surface area contributed by atoms with Gasteiger partial charge in [0, 0.05) is 5.75 Å². The SMILES string of the molecule is C/C(=N/NC(=O)CSCc1ccc2ccccc2c1)c1ccc(C(C)(C)C)cc1. The molecule has 3 aromatic rings. The van der Waals surface area contributed by atoms with Gasteiger partial charge in [0.15, 0.2) is 0 Å². The summed E-state index contributed by atoms with van der Waals surface area (Å²) in [6.45, 7) is 8.49. The highest BCUT2D eigenvalue weighted by atomic mass is 32.2. The molecule has 0 saturated heterocycles. The van der Waals surface area contributed by atoms with Crippen molar-refractivity contribution in [1.29, 1.82) is 0 Å². The number of hydrazone groups is 1. The van der Waals surface area contributed by atoms with Crippen LogP contribution >= 0.6 is 11.8 Å². The Balaban J connectivity index is 1.49. The lowest BCUT2D eigenvalue weighted by Gasteiger charge is -2.19. The fraction of sp³-hybridized carbons (Fsp3) is 0.280. The molecule has 29 heavy (non-hydrogen) atoms. The number of carbonyl (C=O) groups is 1. The molecule has 3 rings (SSSR count). The van der Waals surface area contributed by atoms with E-state index in [-0.39, 0.29) is 11.3 Å². The van der Waals surface area contributed by atoms with Crippen molar-refractivity contribution in [3.05, 3.63) is 83.4 Å². The number of rotatable bonds is 6. The molecule has 1 N–H and O–H groups in total. The van der Waals surface area contributed by atoms with E-state index in [0.29, 0.717) is 5.75 Å². The molecule has 0 aromatic heterocycles. The molecule has 0 spiro atoms. The lowest BCUT2D eigenvalue weighted by Crippen LogP contribution is -2.21. The third kappa shape index (κ3) is 5.94. The summed E-state index contributed by atoms with van der Waals surface area (Å²) in [4.78, 5) is 12.1. The summed E-state index contributed by atoms with van der Waals surface area (Å²) < 4.78 is 0. The van der Waals surface area contributed by atoms with Gasteiger partial charge in [-0.2, -0.15) is 5.10 Å². The van der Waals surface area contributed by atoms with Crippen LogP contribution in [0.5, 0.6) is 0 Å². The Labute approximate surface area is 177 Å². The van der Waals surface area contributed by atoms with Gasteiger partial charge in [0.1, 0.15) is 0 Å². The molecule has 0 heterocycles. The largest absolute Gasteiger partial charge is 0.272 e. The van der Waals surface area contributed by atoms with Gasteiger partial charge in [0.25, 0.3) is 0 Å². The molecule has 3 nitrogen and oxygen atoms in total. The van der Waals surface area contributed by atoms with Crippen LogP contribution in [-0.4, -0.2) is 17.4 Å². The number of amides is 1. The number of hydrogen-bond donors (Lipinski definition) is 1. The highest BCUT2D eigenvalue weighted by molar-refractivity contribution is 7.99. The number of hydrogen-bond acceptors (Lipinski definition) is 3. The summed E-state index contributed by atoms with van der Waals surface area (Å²) in [5.74, 6) is 1.10. The van der Waals surface area contributed by atoms with Crippen LogP contribution in [0.15, 0.2) is 71.8 Å². The molecule has 0 aliphatic rings. The van der Waals surface area contributed by atoms with E-state index in [2.05, 4.69) is 85.9 Å². The fourth-order valence-electron chi connectivity index (χ4n) is 3.04. The average Bonchev–Trinajstić information content (AvgIpc) is 2.71. The summed E-state index contributed by atoms with van der Waals surface area (Å²) in [5.41, 5.74) is 7.12. The van der Waals surface area contributed by atoms with E-state index >= 15 is 0 Å². The fourth-order valence-corrected chi connectivity index (χ4v) is 3.81. The van der Waals surface area contributed by atoms with E-state index < -0.39 is 0 Å². The van der Waals surface area contributed by atoms with Crippen LogP contribution < -0.4 is 5.43 Å². The topological polar surface area (TPSA) is 41.5 Å². The van der Waals surface area contributed by atoms with Gasteiger partial charge in [0.05, 0.1) is 11.5 Å². The summed E-state index contributed by atoms with van der Waals surface area (Å²) in [6.07, 6.45) is 0. The molecule has 0 bridgehead atoms. The van der Waals surface area contributed by atoms with Gasteiger partial charge >= 0.3 is 0 Å². The Morgan fingerprint density at radius 2 is 1.66 bits per heavy atom. The second-order valence-corrected chi connectivity index (χ2v) is 9.22. The minimum atomic E-state index is -0.0820. The molecule has 0 aliphatic carbocycles. The molecule has 0 atom stereocenters. The first kappa shape index (κ1) is 21.1. The first-order chi connectivity index (χ1) is 13.8. The average molecular weight is 405 g/mol. The minimum absolute atomic E-state index is 0.0820. The molecular formula is C25H28N2OS. The second-order valence-electron chi connectivity index (χ2n) is 8.23. The van der Waals surface area contributed by atoms with Gasteiger partial charge in [-0.05, 0) is 39.8 Å². The van der Waals surface area contributed by atoms with Gasteiger partial charge in [0.2, 0.25) is 5.91 Å². The maximum absolute atomic E-state index is 12.1. The van der Waals surface area contributed by atoms with Crippen molar-refractivity contribution >= 4 is 34.2 Å². The van der Waals surface area contributed by atoms with Crippen LogP contribution in [0.3, 0.4) is 0 Å². The van der Waals surface area contributed by atoms with Gasteiger partial charge < -0.3 is 0 Å². The van der Waals surface area contributed by atoms with Crippen LogP contribution in [0.4, 0.5) is 0 Å². The first-order valence-corrected chi connectivity index (χ1v) is 11.0. The van der Waals surface area contributed by atoms with Crippen LogP contribution in [0.1, 0.15) is 44.4 Å². The molecule has 1 amide bonds. The maximum Gasteiger partial charge on any atom is 0.250 e. The Bertz CT molecular complexity index is 1020.